The molecule has 2 aromatic carbocycles. The van der Waals surface area contributed by atoms with Crippen molar-refractivity contribution in [2.45, 2.75) is 0 Å². The van der Waals surface area contributed by atoms with Crippen LogP contribution in [0, 0.1) is 0 Å². The summed E-state index contributed by atoms with van der Waals surface area (Å²) in [6.45, 7) is 0. The van der Waals surface area contributed by atoms with Crippen molar-refractivity contribution in [3.8, 4) is 11.5 Å². The van der Waals surface area contributed by atoms with Crippen molar-refractivity contribution in [3.63, 3.8) is 0 Å². The maximum absolute atomic E-state index is 9.63. The lowest BCUT2D eigenvalue weighted by Crippen LogP contribution is -1.83. The molecule has 2 nitrogen and oxygen atoms in total. The molecule has 0 aliphatic carbocycles. The normalized spacial score (nSPS) is 10.6. The van der Waals surface area contributed by atoms with Gasteiger partial charge in [0.05, 0.1) is 7.11 Å². The van der Waals surface area contributed by atoms with Crippen LogP contribution in [0.2, 0.25) is 0 Å². The third kappa shape index (κ3) is 2.88. The van der Waals surface area contributed by atoms with Crippen molar-refractivity contribution in [1.82, 2.24) is 0 Å². The third-order valence-electron chi connectivity index (χ3n) is 2.47. The van der Waals surface area contributed by atoms with E-state index in [0.29, 0.717) is 5.75 Å². The minimum atomic E-state index is 0.155. The quantitative estimate of drug-likeness (QED) is 0.811. The van der Waals surface area contributed by atoms with E-state index in [0.717, 1.165) is 11.1 Å². The predicted molar refractivity (Wildman–Crippen MR) is 70.0 cm³/mol. The predicted octanol–water partition coefficient (Wildman–Crippen LogP) is 3.57. The van der Waals surface area contributed by atoms with E-state index in [1.165, 1.54) is 7.11 Å². The lowest BCUT2D eigenvalue weighted by molar-refractivity contribution is 0.373. The second-order valence-electron chi connectivity index (χ2n) is 3.68. The smallest absolute Gasteiger partial charge is 0.160 e. The Kier molecular flexibility index (Phi) is 3.46. The first-order chi connectivity index (χ1) is 8.29. The Balaban J connectivity index is 2.19. The molecule has 0 heterocycles. The Morgan fingerprint density at radius 2 is 1.65 bits per heavy atom. The van der Waals surface area contributed by atoms with E-state index < -0.39 is 0 Å². The first-order valence-electron chi connectivity index (χ1n) is 5.40. The van der Waals surface area contributed by atoms with Gasteiger partial charge in [-0.3, -0.25) is 0 Å². The maximum Gasteiger partial charge on any atom is 0.160 e. The molecule has 0 unspecified atom stereocenters. The van der Waals surface area contributed by atoms with E-state index in [9.17, 15) is 5.11 Å². The molecule has 2 heteroatoms. The summed E-state index contributed by atoms with van der Waals surface area (Å²) in [5, 5.41) is 9.63. The zero-order valence-electron chi connectivity index (χ0n) is 9.63. The largest absolute Gasteiger partial charge is 0.504 e. The van der Waals surface area contributed by atoms with E-state index in [1.54, 1.807) is 12.1 Å². The Morgan fingerprint density at radius 1 is 0.941 bits per heavy atom. The molecule has 0 saturated heterocycles. The van der Waals surface area contributed by atoms with Crippen LogP contribution in [0.1, 0.15) is 11.1 Å². The van der Waals surface area contributed by atoms with Gasteiger partial charge in [0, 0.05) is 0 Å². The average molecular weight is 226 g/mol. The molecule has 0 radical (unpaired) electrons. The fourth-order valence-electron chi connectivity index (χ4n) is 1.57. The fraction of sp³-hybridized carbons (Fsp3) is 0.0667. The standard InChI is InChI=1S/C15H14O2/c1-17-15-10-9-13(11-14(15)16)8-7-12-5-3-2-4-6-12/h2-11,16H,1H3. The third-order valence-corrected chi connectivity index (χ3v) is 2.47. The van der Waals surface area contributed by atoms with Gasteiger partial charge in [0.15, 0.2) is 11.5 Å². The number of aromatic hydroxyl groups is 1. The highest BCUT2D eigenvalue weighted by Crippen LogP contribution is 2.26. The molecule has 0 aromatic heterocycles. The molecule has 2 rings (SSSR count). The van der Waals surface area contributed by atoms with Gasteiger partial charge in [0.25, 0.3) is 0 Å². The van der Waals surface area contributed by atoms with Crippen LogP contribution < -0.4 is 4.74 Å². The van der Waals surface area contributed by atoms with Crippen molar-refractivity contribution < 1.29 is 9.84 Å². The van der Waals surface area contributed by atoms with Crippen LogP contribution in [0.5, 0.6) is 11.5 Å². The summed E-state index contributed by atoms with van der Waals surface area (Å²) in [6, 6.07) is 15.4. The van der Waals surface area contributed by atoms with Gasteiger partial charge in [-0.2, -0.15) is 0 Å². The van der Waals surface area contributed by atoms with E-state index in [1.807, 2.05) is 48.6 Å². The molecular formula is C15H14O2. The monoisotopic (exact) mass is 226 g/mol. The van der Waals surface area contributed by atoms with E-state index in [-0.39, 0.29) is 5.75 Å². The van der Waals surface area contributed by atoms with Crippen LogP contribution in [0.3, 0.4) is 0 Å². The SMILES string of the molecule is COc1ccc(C=Cc2ccccc2)cc1O. The highest BCUT2D eigenvalue weighted by Gasteiger charge is 1.99. The number of phenolic OH excluding ortho intramolecular Hbond substituents is 1. The van der Waals surface area contributed by atoms with Crippen LogP contribution >= 0.6 is 0 Å². The zero-order valence-corrected chi connectivity index (χ0v) is 9.63. The van der Waals surface area contributed by atoms with Crippen LogP contribution in [0.4, 0.5) is 0 Å². The molecule has 17 heavy (non-hydrogen) atoms. The molecule has 0 amide bonds. The van der Waals surface area contributed by atoms with Crippen LogP contribution in [-0.4, -0.2) is 12.2 Å². The van der Waals surface area contributed by atoms with Gasteiger partial charge in [0.2, 0.25) is 0 Å². The second-order valence-corrected chi connectivity index (χ2v) is 3.68. The van der Waals surface area contributed by atoms with Crippen LogP contribution in [-0.2, 0) is 0 Å². The van der Waals surface area contributed by atoms with Gasteiger partial charge in [-0.25, -0.2) is 0 Å². The summed E-state index contributed by atoms with van der Waals surface area (Å²) in [5.74, 6) is 0.643. The van der Waals surface area contributed by atoms with Crippen molar-refractivity contribution in [1.29, 1.82) is 0 Å². The molecule has 0 saturated carbocycles. The summed E-state index contributed by atoms with van der Waals surface area (Å²) in [7, 11) is 1.54. The lowest BCUT2D eigenvalue weighted by atomic mass is 10.1. The molecule has 0 spiro atoms. The van der Waals surface area contributed by atoms with Crippen LogP contribution in [0.25, 0.3) is 12.2 Å². The van der Waals surface area contributed by atoms with Crippen molar-refractivity contribution in [2.75, 3.05) is 7.11 Å². The number of rotatable bonds is 3. The van der Waals surface area contributed by atoms with E-state index in [2.05, 4.69) is 0 Å². The van der Waals surface area contributed by atoms with Gasteiger partial charge in [-0.05, 0) is 23.3 Å². The number of hydrogen-bond donors (Lipinski definition) is 1. The highest BCUT2D eigenvalue weighted by atomic mass is 16.5. The van der Waals surface area contributed by atoms with E-state index in [4.69, 9.17) is 4.74 Å². The Morgan fingerprint density at radius 3 is 2.29 bits per heavy atom. The van der Waals surface area contributed by atoms with E-state index >= 15 is 0 Å². The number of methoxy groups -OCH3 is 1. The number of ether oxygens (including phenoxy) is 1. The first-order valence-corrected chi connectivity index (χ1v) is 5.40. The van der Waals surface area contributed by atoms with Crippen molar-refractivity contribution >= 4 is 12.2 Å². The molecule has 0 bridgehead atoms. The summed E-state index contributed by atoms with van der Waals surface area (Å²) in [4.78, 5) is 0. The van der Waals surface area contributed by atoms with Gasteiger partial charge in [-0.15, -0.1) is 0 Å². The van der Waals surface area contributed by atoms with Crippen LogP contribution in [0.15, 0.2) is 48.5 Å². The molecule has 2 aromatic rings. The summed E-state index contributed by atoms with van der Waals surface area (Å²) in [6.07, 6.45) is 3.95. The first kappa shape index (κ1) is 11.3. The summed E-state index contributed by atoms with van der Waals surface area (Å²) < 4.78 is 4.99. The number of phenols is 1. The van der Waals surface area contributed by atoms with Gasteiger partial charge in [-0.1, -0.05) is 48.6 Å². The molecular weight excluding hydrogens is 212 g/mol. The van der Waals surface area contributed by atoms with Crippen molar-refractivity contribution in [3.05, 3.63) is 59.7 Å². The summed E-state index contributed by atoms with van der Waals surface area (Å²) in [5.41, 5.74) is 2.06. The minimum Gasteiger partial charge on any atom is -0.504 e. The molecule has 0 aliphatic heterocycles. The zero-order chi connectivity index (χ0) is 12.1. The average Bonchev–Trinajstić information content (AvgIpc) is 2.38. The highest BCUT2D eigenvalue weighted by molar-refractivity contribution is 5.70. The Bertz CT molecular complexity index is 516. The van der Waals surface area contributed by atoms with Crippen molar-refractivity contribution in [2.24, 2.45) is 0 Å². The fourth-order valence-corrected chi connectivity index (χ4v) is 1.57. The maximum atomic E-state index is 9.63. The van der Waals surface area contributed by atoms with Gasteiger partial charge < -0.3 is 9.84 Å². The minimum absolute atomic E-state index is 0.155. The Labute approximate surface area is 101 Å². The van der Waals surface area contributed by atoms with Gasteiger partial charge in [0.1, 0.15) is 0 Å². The molecule has 86 valence electrons. The number of hydrogen-bond acceptors (Lipinski definition) is 2. The second kappa shape index (κ2) is 5.21. The Hall–Kier alpha value is -2.22. The topological polar surface area (TPSA) is 29.5 Å². The molecule has 0 atom stereocenters. The lowest BCUT2D eigenvalue weighted by Gasteiger charge is -2.03. The molecule has 1 N–H and O–H groups in total. The summed E-state index contributed by atoms with van der Waals surface area (Å²) >= 11 is 0. The number of benzene rings is 2. The molecule has 0 aliphatic rings. The molecule has 0 fully saturated rings. The van der Waals surface area contributed by atoms with Gasteiger partial charge >= 0.3 is 0 Å².